The number of nitrogens with one attached hydrogen (secondary N) is 1. The smallest absolute Gasteiger partial charge is 0.234 e. The summed E-state index contributed by atoms with van der Waals surface area (Å²) in [5.41, 5.74) is 0.00914. The van der Waals surface area contributed by atoms with Crippen molar-refractivity contribution in [3.05, 3.63) is 18.1 Å². The van der Waals surface area contributed by atoms with Crippen molar-refractivity contribution in [3.63, 3.8) is 0 Å². The molecule has 0 bridgehead atoms. The van der Waals surface area contributed by atoms with Gasteiger partial charge < -0.3 is 15.3 Å². The minimum atomic E-state index is -0.898. The third kappa shape index (κ3) is 4.89. The van der Waals surface area contributed by atoms with Gasteiger partial charge in [-0.2, -0.15) is 0 Å². The number of anilines is 1. The van der Waals surface area contributed by atoms with Gasteiger partial charge in [0.15, 0.2) is 0 Å². The van der Waals surface area contributed by atoms with E-state index >= 15 is 0 Å². The molecule has 2 fully saturated rings. The van der Waals surface area contributed by atoms with Gasteiger partial charge in [0.2, 0.25) is 5.91 Å². The fourth-order valence-corrected chi connectivity index (χ4v) is 3.55. The molecule has 25 heavy (non-hydrogen) atoms. The standard InChI is InChI=1S/C18H29N5O2/c1-14-3-6-22(7-4-14)10-17(24)19-11-18(25)5-8-23(12-18)16-9-15(2)20-13-21-16/h9,13-14,25H,3-8,10-12H2,1-2H3,(H,19,24). The first kappa shape index (κ1) is 18.1. The first-order chi connectivity index (χ1) is 11.9. The van der Waals surface area contributed by atoms with Crippen molar-refractivity contribution < 1.29 is 9.90 Å². The molecule has 2 N–H and O–H groups in total. The van der Waals surface area contributed by atoms with Gasteiger partial charge in [-0.05, 0) is 45.2 Å². The van der Waals surface area contributed by atoms with Gasteiger partial charge in [-0.1, -0.05) is 6.92 Å². The van der Waals surface area contributed by atoms with Crippen molar-refractivity contribution in [2.24, 2.45) is 5.92 Å². The number of aromatic nitrogens is 2. The summed E-state index contributed by atoms with van der Waals surface area (Å²) in [7, 11) is 0. The number of piperidine rings is 1. The normalized spacial score (nSPS) is 25.3. The summed E-state index contributed by atoms with van der Waals surface area (Å²) in [5.74, 6) is 1.59. The number of aryl methyl sites for hydroxylation is 1. The van der Waals surface area contributed by atoms with E-state index in [1.807, 2.05) is 17.9 Å². The maximum atomic E-state index is 12.2. The van der Waals surface area contributed by atoms with Gasteiger partial charge in [-0.3, -0.25) is 9.69 Å². The third-order valence-corrected chi connectivity index (χ3v) is 5.30. The van der Waals surface area contributed by atoms with Crippen LogP contribution in [0.15, 0.2) is 12.4 Å². The van der Waals surface area contributed by atoms with E-state index < -0.39 is 5.60 Å². The van der Waals surface area contributed by atoms with Crippen LogP contribution in [0.4, 0.5) is 5.82 Å². The Balaban J connectivity index is 1.45. The summed E-state index contributed by atoms with van der Waals surface area (Å²) in [6.45, 7) is 8.08. The SMILES string of the molecule is Cc1cc(N2CCC(O)(CNC(=O)CN3CCC(C)CC3)C2)ncn1. The minimum absolute atomic E-state index is 0.000640. The summed E-state index contributed by atoms with van der Waals surface area (Å²) in [4.78, 5) is 24.8. The molecular formula is C18H29N5O2. The number of aliphatic hydroxyl groups is 1. The zero-order chi connectivity index (χ0) is 17.9. The number of rotatable bonds is 5. The molecule has 1 amide bonds. The van der Waals surface area contributed by atoms with E-state index in [-0.39, 0.29) is 12.5 Å². The van der Waals surface area contributed by atoms with Crippen LogP contribution < -0.4 is 10.2 Å². The Morgan fingerprint density at radius 3 is 2.84 bits per heavy atom. The number of carbonyl (C=O) groups is 1. The summed E-state index contributed by atoms with van der Waals surface area (Å²) < 4.78 is 0. The average molecular weight is 347 g/mol. The highest BCUT2D eigenvalue weighted by atomic mass is 16.3. The Morgan fingerprint density at radius 1 is 1.36 bits per heavy atom. The van der Waals surface area contributed by atoms with Crippen molar-refractivity contribution in [1.29, 1.82) is 0 Å². The zero-order valence-corrected chi connectivity index (χ0v) is 15.2. The molecule has 0 saturated carbocycles. The molecular weight excluding hydrogens is 318 g/mol. The van der Waals surface area contributed by atoms with Crippen LogP contribution in [0.25, 0.3) is 0 Å². The van der Waals surface area contributed by atoms with Crippen LogP contribution >= 0.6 is 0 Å². The summed E-state index contributed by atoms with van der Waals surface area (Å²) in [6, 6.07) is 1.92. The maximum Gasteiger partial charge on any atom is 0.234 e. The Morgan fingerprint density at radius 2 is 2.12 bits per heavy atom. The largest absolute Gasteiger partial charge is 0.386 e. The first-order valence-corrected chi connectivity index (χ1v) is 9.19. The molecule has 1 atom stereocenters. The van der Waals surface area contributed by atoms with E-state index in [1.54, 1.807) is 6.33 Å². The lowest BCUT2D eigenvalue weighted by molar-refractivity contribution is -0.123. The molecule has 2 aliphatic rings. The molecule has 1 aromatic rings. The van der Waals surface area contributed by atoms with E-state index in [2.05, 4.69) is 27.1 Å². The van der Waals surface area contributed by atoms with E-state index in [4.69, 9.17) is 0 Å². The van der Waals surface area contributed by atoms with E-state index in [9.17, 15) is 9.90 Å². The Kier molecular flexibility index (Phi) is 5.54. The fourth-order valence-electron chi connectivity index (χ4n) is 3.55. The molecule has 0 aromatic carbocycles. The molecule has 7 heteroatoms. The number of likely N-dealkylation sites (tertiary alicyclic amines) is 1. The number of nitrogens with zero attached hydrogens (tertiary/aromatic N) is 4. The van der Waals surface area contributed by atoms with Crippen molar-refractivity contribution >= 4 is 11.7 Å². The van der Waals surface area contributed by atoms with Gasteiger partial charge in [-0.15, -0.1) is 0 Å². The Hall–Kier alpha value is -1.73. The second kappa shape index (κ2) is 7.66. The highest BCUT2D eigenvalue weighted by Crippen LogP contribution is 2.25. The van der Waals surface area contributed by atoms with Crippen molar-refractivity contribution in [3.8, 4) is 0 Å². The van der Waals surface area contributed by atoms with Crippen molar-refractivity contribution in [2.75, 3.05) is 44.2 Å². The molecule has 0 spiro atoms. The number of carbonyl (C=O) groups excluding carboxylic acids is 1. The second-order valence-corrected chi connectivity index (χ2v) is 7.65. The quantitative estimate of drug-likeness (QED) is 0.811. The molecule has 0 aliphatic carbocycles. The van der Waals surface area contributed by atoms with Gasteiger partial charge >= 0.3 is 0 Å². The predicted molar refractivity (Wildman–Crippen MR) is 96.4 cm³/mol. The Labute approximate surface area is 149 Å². The lowest BCUT2D eigenvalue weighted by Crippen LogP contribution is -2.48. The van der Waals surface area contributed by atoms with Crippen LogP contribution in [0.1, 0.15) is 31.9 Å². The molecule has 3 heterocycles. The van der Waals surface area contributed by atoms with Crippen LogP contribution in [0.3, 0.4) is 0 Å². The number of hydrogen-bond acceptors (Lipinski definition) is 6. The first-order valence-electron chi connectivity index (χ1n) is 9.19. The van der Waals surface area contributed by atoms with Crippen LogP contribution in [0.5, 0.6) is 0 Å². The maximum absolute atomic E-state index is 12.2. The van der Waals surface area contributed by atoms with Gasteiger partial charge in [0.25, 0.3) is 0 Å². The van der Waals surface area contributed by atoms with Crippen LogP contribution in [-0.4, -0.2) is 70.8 Å². The number of hydrogen-bond donors (Lipinski definition) is 2. The monoisotopic (exact) mass is 347 g/mol. The zero-order valence-electron chi connectivity index (χ0n) is 15.2. The van der Waals surface area contributed by atoms with Gasteiger partial charge in [0, 0.05) is 31.4 Å². The topological polar surface area (TPSA) is 81.6 Å². The fraction of sp³-hybridized carbons (Fsp3) is 0.722. The van der Waals surface area contributed by atoms with Crippen LogP contribution in [-0.2, 0) is 4.79 Å². The number of β-amino-alcohol motifs (C(OH)–C–C–N with tert-alkyl or cyclic N) is 1. The molecule has 0 radical (unpaired) electrons. The predicted octanol–water partition coefficient (Wildman–Crippen LogP) is 0.574. The highest BCUT2D eigenvalue weighted by molar-refractivity contribution is 5.78. The van der Waals surface area contributed by atoms with Crippen LogP contribution in [0, 0.1) is 12.8 Å². The Bertz CT molecular complexity index is 603. The van der Waals surface area contributed by atoms with Gasteiger partial charge in [0.05, 0.1) is 6.54 Å². The molecule has 3 rings (SSSR count). The molecule has 7 nitrogen and oxygen atoms in total. The van der Waals surface area contributed by atoms with Crippen LogP contribution in [0.2, 0.25) is 0 Å². The lowest BCUT2D eigenvalue weighted by atomic mass is 9.99. The summed E-state index contributed by atoms with van der Waals surface area (Å²) in [5, 5.41) is 13.7. The highest BCUT2D eigenvalue weighted by Gasteiger charge is 2.37. The number of amides is 1. The summed E-state index contributed by atoms with van der Waals surface area (Å²) >= 11 is 0. The second-order valence-electron chi connectivity index (χ2n) is 7.65. The molecule has 2 aliphatic heterocycles. The van der Waals surface area contributed by atoms with E-state index in [0.29, 0.717) is 19.5 Å². The third-order valence-electron chi connectivity index (χ3n) is 5.30. The van der Waals surface area contributed by atoms with Crippen molar-refractivity contribution in [2.45, 2.75) is 38.7 Å². The molecule has 2 saturated heterocycles. The van der Waals surface area contributed by atoms with E-state index in [0.717, 1.165) is 49.9 Å². The molecule has 138 valence electrons. The average Bonchev–Trinajstić information content (AvgIpc) is 2.98. The van der Waals surface area contributed by atoms with Gasteiger partial charge in [0.1, 0.15) is 17.7 Å². The van der Waals surface area contributed by atoms with Gasteiger partial charge in [-0.25, -0.2) is 9.97 Å². The van der Waals surface area contributed by atoms with E-state index in [1.165, 1.54) is 0 Å². The summed E-state index contributed by atoms with van der Waals surface area (Å²) in [6.07, 6.45) is 4.48. The minimum Gasteiger partial charge on any atom is -0.386 e. The lowest BCUT2D eigenvalue weighted by Gasteiger charge is -2.30. The van der Waals surface area contributed by atoms with Crippen molar-refractivity contribution in [1.82, 2.24) is 20.2 Å². The molecule has 1 aromatic heterocycles. The molecule has 1 unspecified atom stereocenters.